The summed E-state index contributed by atoms with van der Waals surface area (Å²) >= 11 is 0. The van der Waals surface area contributed by atoms with Crippen molar-refractivity contribution in [3.05, 3.63) is 59.7 Å². The molecule has 1 amide bonds. The van der Waals surface area contributed by atoms with Crippen molar-refractivity contribution in [3.63, 3.8) is 0 Å². The first-order valence-corrected chi connectivity index (χ1v) is 6.01. The van der Waals surface area contributed by atoms with E-state index >= 15 is 0 Å². The quantitative estimate of drug-likeness (QED) is 0.882. The van der Waals surface area contributed by atoms with Gasteiger partial charge in [0.25, 0.3) is 5.91 Å². The molecule has 19 heavy (non-hydrogen) atoms. The molecule has 98 valence electrons. The topological polar surface area (TPSA) is 78.3 Å². The van der Waals surface area contributed by atoms with Crippen LogP contribution < -0.4 is 16.2 Å². The fourth-order valence-electron chi connectivity index (χ4n) is 1.83. The summed E-state index contributed by atoms with van der Waals surface area (Å²) in [6.07, 6.45) is 0. The Bertz CT molecular complexity index is 594. The van der Waals surface area contributed by atoms with E-state index in [1.54, 1.807) is 24.3 Å². The molecule has 0 saturated carbocycles. The van der Waals surface area contributed by atoms with Crippen LogP contribution in [0, 0.1) is 0 Å². The van der Waals surface area contributed by atoms with Crippen LogP contribution in [-0.4, -0.2) is 5.91 Å². The number of primary amides is 1. The molecule has 0 saturated heterocycles. The third-order valence-corrected chi connectivity index (χ3v) is 2.78. The first kappa shape index (κ1) is 13.1. The Morgan fingerprint density at radius 2 is 1.63 bits per heavy atom. The molecule has 2 rings (SSSR count). The molecule has 0 fully saturated rings. The number of carbonyl (C=O) groups excluding carboxylic acids is 1. The zero-order valence-corrected chi connectivity index (χ0v) is 10.7. The predicted octanol–water partition coefficient (Wildman–Crippen LogP) is 2.60. The second kappa shape index (κ2) is 5.54. The van der Waals surface area contributed by atoms with Crippen molar-refractivity contribution < 1.29 is 9.53 Å². The number of rotatable bonds is 4. The zero-order valence-electron chi connectivity index (χ0n) is 10.7. The first-order valence-electron chi connectivity index (χ1n) is 6.01. The van der Waals surface area contributed by atoms with Gasteiger partial charge in [-0.2, -0.15) is 0 Å². The lowest BCUT2D eigenvalue weighted by Gasteiger charge is -2.14. The number of nitrogens with two attached hydrogens (primary N) is 2. The molecule has 0 bridgehead atoms. The van der Waals surface area contributed by atoms with Gasteiger partial charge in [-0.15, -0.1) is 0 Å². The molecule has 4 nitrogen and oxygen atoms in total. The standard InChI is InChI=1S/C15H16N2O2/c1-10(16)11-6-2-4-8-13(11)19-14-9-5-3-7-12(14)15(17)18/h2-10H,16H2,1H3,(H2,17,18). The second-order valence-electron chi connectivity index (χ2n) is 4.29. The molecule has 0 spiro atoms. The maximum Gasteiger partial charge on any atom is 0.252 e. The van der Waals surface area contributed by atoms with Gasteiger partial charge >= 0.3 is 0 Å². The van der Waals surface area contributed by atoms with Gasteiger partial charge in [0.2, 0.25) is 0 Å². The van der Waals surface area contributed by atoms with Gasteiger partial charge in [0.05, 0.1) is 5.56 Å². The summed E-state index contributed by atoms with van der Waals surface area (Å²) in [6.45, 7) is 1.88. The van der Waals surface area contributed by atoms with Gasteiger partial charge in [-0.1, -0.05) is 30.3 Å². The molecule has 2 aromatic carbocycles. The molecule has 0 heterocycles. The van der Waals surface area contributed by atoms with Crippen LogP contribution in [-0.2, 0) is 0 Å². The summed E-state index contributed by atoms with van der Waals surface area (Å²) in [5.41, 5.74) is 12.4. The van der Waals surface area contributed by atoms with Crippen molar-refractivity contribution in [1.29, 1.82) is 0 Å². The largest absolute Gasteiger partial charge is 0.456 e. The molecule has 1 unspecified atom stereocenters. The van der Waals surface area contributed by atoms with E-state index in [1.807, 2.05) is 31.2 Å². The predicted molar refractivity (Wildman–Crippen MR) is 74.1 cm³/mol. The Labute approximate surface area is 112 Å². The third kappa shape index (κ3) is 2.92. The zero-order chi connectivity index (χ0) is 13.8. The van der Waals surface area contributed by atoms with E-state index in [2.05, 4.69) is 0 Å². The number of amides is 1. The minimum atomic E-state index is -0.520. The molecular weight excluding hydrogens is 240 g/mol. The Morgan fingerprint density at radius 1 is 1.05 bits per heavy atom. The normalized spacial score (nSPS) is 11.9. The summed E-state index contributed by atoms with van der Waals surface area (Å²) in [4.78, 5) is 11.3. The molecule has 0 aliphatic heterocycles. The van der Waals surface area contributed by atoms with E-state index in [0.717, 1.165) is 5.56 Å². The van der Waals surface area contributed by atoms with Crippen molar-refractivity contribution in [3.8, 4) is 11.5 Å². The highest BCUT2D eigenvalue weighted by molar-refractivity contribution is 5.95. The SMILES string of the molecule is CC(N)c1ccccc1Oc1ccccc1C(N)=O. The lowest BCUT2D eigenvalue weighted by Crippen LogP contribution is -2.12. The van der Waals surface area contributed by atoms with Crippen LogP contribution in [0.4, 0.5) is 0 Å². The van der Waals surface area contributed by atoms with E-state index in [4.69, 9.17) is 16.2 Å². The Balaban J connectivity index is 2.39. The molecule has 2 aromatic rings. The van der Waals surface area contributed by atoms with Crippen molar-refractivity contribution in [2.24, 2.45) is 11.5 Å². The number of benzene rings is 2. The van der Waals surface area contributed by atoms with Gasteiger partial charge in [0.15, 0.2) is 0 Å². The van der Waals surface area contributed by atoms with Crippen molar-refractivity contribution in [2.45, 2.75) is 13.0 Å². The molecule has 4 heteroatoms. The monoisotopic (exact) mass is 256 g/mol. The van der Waals surface area contributed by atoms with Crippen molar-refractivity contribution in [1.82, 2.24) is 0 Å². The lowest BCUT2D eigenvalue weighted by atomic mass is 10.1. The average molecular weight is 256 g/mol. The Kier molecular flexibility index (Phi) is 3.82. The maximum atomic E-state index is 11.3. The van der Waals surface area contributed by atoms with E-state index in [9.17, 15) is 4.79 Å². The fourth-order valence-corrected chi connectivity index (χ4v) is 1.83. The highest BCUT2D eigenvalue weighted by Gasteiger charge is 2.12. The minimum absolute atomic E-state index is 0.156. The lowest BCUT2D eigenvalue weighted by molar-refractivity contribution is 0.0998. The van der Waals surface area contributed by atoms with E-state index in [-0.39, 0.29) is 6.04 Å². The van der Waals surface area contributed by atoms with Crippen LogP contribution in [0.15, 0.2) is 48.5 Å². The van der Waals surface area contributed by atoms with Crippen LogP contribution in [0.3, 0.4) is 0 Å². The molecule has 0 aliphatic rings. The summed E-state index contributed by atoms with van der Waals surface area (Å²) in [7, 11) is 0. The van der Waals surface area contributed by atoms with Crippen LogP contribution in [0.25, 0.3) is 0 Å². The van der Waals surface area contributed by atoms with Gasteiger partial charge < -0.3 is 16.2 Å². The Morgan fingerprint density at radius 3 is 2.26 bits per heavy atom. The fraction of sp³-hybridized carbons (Fsp3) is 0.133. The number of hydrogen-bond donors (Lipinski definition) is 2. The Hall–Kier alpha value is -2.33. The first-order chi connectivity index (χ1) is 9.09. The third-order valence-electron chi connectivity index (χ3n) is 2.78. The van der Waals surface area contributed by atoms with E-state index < -0.39 is 5.91 Å². The summed E-state index contributed by atoms with van der Waals surface area (Å²) < 4.78 is 5.78. The maximum absolute atomic E-state index is 11.3. The summed E-state index contributed by atoms with van der Waals surface area (Å²) in [6, 6.07) is 14.2. The number of hydrogen-bond acceptors (Lipinski definition) is 3. The summed E-state index contributed by atoms with van der Waals surface area (Å²) in [5, 5.41) is 0. The highest BCUT2D eigenvalue weighted by atomic mass is 16.5. The van der Waals surface area contributed by atoms with Crippen LogP contribution >= 0.6 is 0 Å². The molecule has 0 aromatic heterocycles. The number of ether oxygens (including phenoxy) is 1. The average Bonchev–Trinajstić information content (AvgIpc) is 2.39. The molecule has 0 radical (unpaired) electrons. The molecular formula is C15H16N2O2. The van der Waals surface area contributed by atoms with Gasteiger partial charge in [-0.05, 0) is 25.1 Å². The summed E-state index contributed by atoms with van der Waals surface area (Å²) in [5.74, 6) is 0.545. The van der Waals surface area contributed by atoms with Crippen LogP contribution in [0.1, 0.15) is 28.9 Å². The molecule has 0 aliphatic carbocycles. The highest BCUT2D eigenvalue weighted by Crippen LogP contribution is 2.30. The van der Waals surface area contributed by atoms with Gasteiger partial charge in [0.1, 0.15) is 11.5 Å². The number of carbonyl (C=O) groups is 1. The van der Waals surface area contributed by atoms with E-state index in [1.165, 1.54) is 0 Å². The van der Waals surface area contributed by atoms with E-state index in [0.29, 0.717) is 17.1 Å². The van der Waals surface area contributed by atoms with Crippen LogP contribution in [0.5, 0.6) is 11.5 Å². The van der Waals surface area contributed by atoms with Crippen molar-refractivity contribution in [2.75, 3.05) is 0 Å². The second-order valence-corrected chi connectivity index (χ2v) is 4.29. The smallest absolute Gasteiger partial charge is 0.252 e. The van der Waals surface area contributed by atoms with Crippen LogP contribution in [0.2, 0.25) is 0 Å². The molecule has 4 N–H and O–H groups in total. The van der Waals surface area contributed by atoms with Gasteiger partial charge in [-0.25, -0.2) is 0 Å². The van der Waals surface area contributed by atoms with Gasteiger partial charge in [0, 0.05) is 11.6 Å². The van der Waals surface area contributed by atoms with Gasteiger partial charge in [-0.3, -0.25) is 4.79 Å². The minimum Gasteiger partial charge on any atom is -0.456 e. The molecule has 1 atom stereocenters. The van der Waals surface area contributed by atoms with Crippen molar-refractivity contribution >= 4 is 5.91 Å². The number of para-hydroxylation sites is 2.